The smallest absolute Gasteiger partial charge is 0.227 e. The summed E-state index contributed by atoms with van der Waals surface area (Å²) in [5.41, 5.74) is 3.38. The Hall–Kier alpha value is -1.80. The van der Waals surface area contributed by atoms with Crippen LogP contribution in [-0.2, 0) is 11.2 Å². The van der Waals surface area contributed by atoms with Gasteiger partial charge >= 0.3 is 0 Å². The third-order valence-corrected chi connectivity index (χ3v) is 4.70. The summed E-state index contributed by atoms with van der Waals surface area (Å²) in [4.78, 5) is 14.7. The van der Waals surface area contributed by atoms with E-state index in [1.165, 1.54) is 11.1 Å². The van der Waals surface area contributed by atoms with Crippen molar-refractivity contribution in [1.29, 1.82) is 0 Å². The van der Waals surface area contributed by atoms with Gasteiger partial charge in [0.25, 0.3) is 0 Å². The summed E-state index contributed by atoms with van der Waals surface area (Å²) in [5, 5.41) is 0.668. The van der Waals surface area contributed by atoms with E-state index < -0.39 is 0 Å². The van der Waals surface area contributed by atoms with Gasteiger partial charge in [0.05, 0.1) is 12.5 Å². The highest BCUT2D eigenvalue weighted by molar-refractivity contribution is 6.31. The van der Waals surface area contributed by atoms with Gasteiger partial charge in [-0.1, -0.05) is 59.6 Å². The molecule has 3 rings (SSSR count). The van der Waals surface area contributed by atoms with Crippen molar-refractivity contribution in [2.45, 2.75) is 32.2 Å². The summed E-state index contributed by atoms with van der Waals surface area (Å²) in [7, 11) is 0. The Balaban J connectivity index is 1.76. The molecule has 1 aliphatic heterocycles. The lowest BCUT2D eigenvalue weighted by molar-refractivity contribution is -0.131. The SMILES string of the molecule is Cc1ccc([C@H]2CCCN2C(=O)Cc2ccccc2Cl)cc1. The third-order valence-electron chi connectivity index (χ3n) is 4.33. The topological polar surface area (TPSA) is 20.3 Å². The zero-order chi connectivity index (χ0) is 15.5. The number of amides is 1. The van der Waals surface area contributed by atoms with Crippen LogP contribution < -0.4 is 0 Å². The van der Waals surface area contributed by atoms with Crippen molar-refractivity contribution in [2.24, 2.45) is 0 Å². The first-order chi connectivity index (χ1) is 10.6. The number of aryl methyl sites for hydroxylation is 1. The largest absolute Gasteiger partial charge is 0.335 e. The molecule has 0 bridgehead atoms. The maximum Gasteiger partial charge on any atom is 0.227 e. The van der Waals surface area contributed by atoms with E-state index >= 15 is 0 Å². The van der Waals surface area contributed by atoms with Crippen molar-refractivity contribution in [3.8, 4) is 0 Å². The van der Waals surface area contributed by atoms with Crippen LogP contribution in [0.4, 0.5) is 0 Å². The normalized spacial score (nSPS) is 17.7. The van der Waals surface area contributed by atoms with Gasteiger partial charge in [0.2, 0.25) is 5.91 Å². The molecule has 1 atom stereocenters. The number of hydrogen-bond acceptors (Lipinski definition) is 1. The Labute approximate surface area is 136 Å². The van der Waals surface area contributed by atoms with E-state index in [2.05, 4.69) is 31.2 Å². The number of likely N-dealkylation sites (tertiary alicyclic amines) is 1. The number of rotatable bonds is 3. The molecular formula is C19H20ClNO. The number of carbonyl (C=O) groups is 1. The summed E-state index contributed by atoms with van der Waals surface area (Å²) in [6.45, 7) is 2.92. The van der Waals surface area contributed by atoms with Gasteiger partial charge in [-0.25, -0.2) is 0 Å². The Bertz CT molecular complexity index is 665. The molecule has 0 N–H and O–H groups in total. The van der Waals surface area contributed by atoms with Crippen LogP contribution in [0.2, 0.25) is 5.02 Å². The summed E-state index contributed by atoms with van der Waals surface area (Å²) in [6.07, 6.45) is 2.48. The molecule has 2 aromatic rings. The van der Waals surface area contributed by atoms with E-state index in [4.69, 9.17) is 11.6 Å². The molecule has 1 amide bonds. The molecule has 3 heteroatoms. The lowest BCUT2D eigenvalue weighted by atomic mass is 10.0. The molecule has 114 valence electrons. The maximum absolute atomic E-state index is 12.7. The summed E-state index contributed by atoms with van der Waals surface area (Å²) < 4.78 is 0. The van der Waals surface area contributed by atoms with Gasteiger partial charge in [-0.15, -0.1) is 0 Å². The highest BCUT2D eigenvalue weighted by Crippen LogP contribution is 2.32. The van der Waals surface area contributed by atoms with Gasteiger partial charge in [0.15, 0.2) is 0 Å². The number of hydrogen-bond donors (Lipinski definition) is 0. The first-order valence-corrected chi connectivity index (χ1v) is 8.12. The highest BCUT2D eigenvalue weighted by Gasteiger charge is 2.29. The average molecular weight is 314 g/mol. The Morgan fingerprint density at radius 1 is 1.18 bits per heavy atom. The van der Waals surface area contributed by atoms with Crippen LogP contribution in [-0.4, -0.2) is 17.4 Å². The van der Waals surface area contributed by atoms with Gasteiger partial charge in [0.1, 0.15) is 0 Å². The van der Waals surface area contributed by atoms with Crippen molar-refractivity contribution in [2.75, 3.05) is 6.54 Å². The van der Waals surface area contributed by atoms with E-state index in [1.54, 1.807) is 0 Å². The number of nitrogens with zero attached hydrogens (tertiary/aromatic N) is 1. The minimum atomic E-state index is 0.163. The van der Waals surface area contributed by atoms with E-state index in [1.807, 2.05) is 29.2 Å². The van der Waals surface area contributed by atoms with Crippen molar-refractivity contribution in [1.82, 2.24) is 4.90 Å². The molecule has 0 aliphatic carbocycles. The fourth-order valence-corrected chi connectivity index (χ4v) is 3.31. The van der Waals surface area contributed by atoms with E-state index in [-0.39, 0.29) is 11.9 Å². The van der Waals surface area contributed by atoms with Gasteiger partial charge in [0, 0.05) is 11.6 Å². The third kappa shape index (κ3) is 3.17. The lowest BCUT2D eigenvalue weighted by Gasteiger charge is -2.25. The lowest BCUT2D eigenvalue weighted by Crippen LogP contribution is -2.31. The second kappa shape index (κ2) is 6.53. The van der Waals surface area contributed by atoms with E-state index in [0.29, 0.717) is 11.4 Å². The summed E-state index contributed by atoms with van der Waals surface area (Å²) >= 11 is 6.18. The number of halogens is 1. The van der Waals surface area contributed by atoms with Crippen LogP contribution in [0.25, 0.3) is 0 Å². The second-order valence-corrected chi connectivity index (χ2v) is 6.33. The van der Waals surface area contributed by atoms with Crippen LogP contribution >= 0.6 is 11.6 Å². The van der Waals surface area contributed by atoms with Crippen molar-refractivity contribution >= 4 is 17.5 Å². The van der Waals surface area contributed by atoms with Crippen LogP contribution in [0, 0.1) is 6.92 Å². The molecule has 0 radical (unpaired) electrons. The molecule has 1 fully saturated rings. The van der Waals surface area contributed by atoms with Gasteiger partial charge in [-0.3, -0.25) is 4.79 Å². The molecule has 0 aromatic heterocycles. The number of carbonyl (C=O) groups excluding carboxylic acids is 1. The molecule has 2 aromatic carbocycles. The molecule has 0 unspecified atom stereocenters. The Morgan fingerprint density at radius 2 is 1.91 bits per heavy atom. The van der Waals surface area contributed by atoms with Crippen LogP contribution in [0.15, 0.2) is 48.5 Å². The van der Waals surface area contributed by atoms with Crippen molar-refractivity contribution in [3.05, 3.63) is 70.2 Å². The minimum Gasteiger partial charge on any atom is -0.335 e. The van der Waals surface area contributed by atoms with Crippen molar-refractivity contribution in [3.63, 3.8) is 0 Å². The fraction of sp³-hybridized carbons (Fsp3) is 0.316. The molecule has 1 heterocycles. The predicted molar refractivity (Wildman–Crippen MR) is 90.0 cm³/mol. The molecule has 0 saturated carbocycles. The predicted octanol–water partition coefficient (Wildman–Crippen LogP) is 4.55. The zero-order valence-corrected chi connectivity index (χ0v) is 13.5. The molecule has 0 spiro atoms. The average Bonchev–Trinajstić information content (AvgIpc) is 3.00. The van der Waals surface area contributed by atoms with Crippen LogP contribution in [0.1, 0.15) is 35.6 Å². The molecule has 22 heavy (non-hydrogen) atoms. The zero-order valence-electron chi connectivity index (χ0n) is 12.8. The van der Waals surface area contributed by atoms with Crippen LogP contribution in [0.5, 0.6) is 0 Å². The molecule has 1 saturated heterocycles. The Morgan fingerprint density at radius 3 is 2.64 bits per heavy atom. The van der Waals surface area contributed by atoms with Gasteiger partial charge in [-0.05, 0) is 37.0 Å². The molecule has 2 nitrogen and oxygen atoms in total. The minimum absolute atomic E-state index is 0.163. The van der Waals surface area contributed by atoms with E-state index in [0.717, 1.165) is 24.9 Å². The standard InChI is InChI=1S/C19H20ClNO/c1-14-8-10-15(11-9-14)18-7-4-12-21(18)19(22)13-16-5-2-3-6-17(16)20/h2-3,5-6,8-11,18H,4,7,12-13H2,1H3/t18-/m1/s1. The molecular weight excluding hydrogens is 294 g/mol. The molecule has 1 aliphatic rings. The van der Waals surface area contributed by atoms with Crippen LogP contribution in [0.3, 0.4) is 0 Å². The Kier molecular flexibility index (Phi) is 4.49. The van der Waals surface area contributed by atoms with Gasteiger partial charge in [-0.2, -0.15) is 0 Å². The van der Waals surface area contributed by atoms with Crippen molar-refractivity contribution < 1.29 is 4.79 Å². The maximum atomic E-state index is 12.7. The first-order valence-electron chi connectivity index (χ1n) is 7.74. The van der Waals surface area contributed by atoms with Gasteiger partial charge < -0.3 is 4.90 Å². The highest BCUT2D eigenvalue weighted by atomic mass is 35.5. The fourth-order valence-electron chi connectivity index (χ4n) is 3.11. The monoisotopic (exact) mass is 313 g/mol. The second-order valence-electron chi connectivity index (χ2n) is 5.92. The summed E-state index contributed by atoms with van der Waals surface area (Å²) in [6, 6.07) is 16.3. The summed E-state index contributed by atoms with van der Waals surface area (Å²) in [5.74, 6) is 0.163. The quantitative estimate of drug-likeness (QED) is 0.813. The number of benzene rings is 2. The first kappa shape index (κ1) is 15.1. The van der Waals surface area contributed by atoms with E-state index in [9.17, 15) is 4.79 Å².